The summed E-state index contributed by atoms with van der Waals surface area (Å²) in [5.74, 6) is -0.561. The van der Waals surface area contributed by atoms with E-state index >= 15 is 0 Å². The average molecular weight is 327 g/mol. The van der Waals surface area contributed by atoms with Crippen molar-refractivity contribution in [1.82, 2.24) is 4.98 Å². The molecule has 1 aromatic heterocycles. The van der Waals surface area contributed by atoms with Crippen LogP contribution in [0.5, 0.6) is 5.75 Å². The van der Waals surface area contributed by atoms with Gasteiger partial charge in [0.2, 0.25) is 5.75 Å². The molecule has 0 atom stereocenters. The number of aromatic amines is 1. The standard InChI is InChI=1S/C17H17N3O4/c1-9-5-11(13(8-18)16(22)19-9)12-6-10(17(2,3)4)7-14(15(12)21)20(23)24/h5-7,21H,1-4H3,(H,19,22). The van der Waals surface area contributed by atoms with Crippen molar-refractivity contribution in [1.29, 1.82) is 5.26 Å². The average Bonchev–Trinajstić information content (AvgIpc) is 2.45. The highest BCUT2D eigenvalue weighted by molar-refractivity contribution is 5.80. The summed E-state index contributed by atoms with van der Waals surface area (Å²) in [6.07, 6.45) is 0. The molecule has 1 heterocycles. The van der Waals surface area contributed by atoms with Gasteiger partial charge >= 0.3 is 5.69 Å². The number of benzene rings is 1. The van der Waals surface area contributed by atoms with Crippen LogP contribution in [0.2, 0.25) is 0 Å². The van der Waals surface area contributed by atoms with E-state index in [0.717, 1.165) is 0 Å². The minimum absolute atomic E-state index is 0.0971. The Balaban J connectivity index is 2.95. The highest BCUT2D eigenvalue weighted by atomic mass is 16.6. The molecule has 7 heteroatoms. The van der Waals surface area contributed by atoms with Gasteiger partial charge < -0.3 is 10.1 Å². The third kappa shape index (κ3) is 2.99. The van der Waals surface area contributed by atoms with E-state index in [1.807, 2.05) is 20.8 Å². The fourth-order valence-corrected chi connectivity index (χ4v) is 2.41. The molecule has 1 aromatic carbocycles. The van der Waals surface area contributed by atoms with Gasteiger partial charge in [0.1, 0.15) is 11.6 Å². The van der Waals surface area contributed by atoms with E-state index in [2.05, 4.69) is 4.98 Å². The Morgan fingerprint density at radius 1 is 1.25 bits per heavy atom. The molecule has 2 rings (SSSR count). The smallest absolute Gasteiger partial charge is 0.311 e. The zero-order valence-corrected chi connectivity index (χ0v) is 13.8. The maximum absolute atomic E-state index is 12.0. The molecule has 0 aliphatic rings. The molecule has 0 aliphatic carbocycles. The minimum Gasteiger partial charge on any atom is -0.502 e. The van der Waals surface area contributed by atoms with Gasteiger partial charge in [-0.05, 0) is 30.0 Å². The predicted molar refractivity (Wildman–Crippen MR) is 89.0 cm³/mol. The largest absolute Gasteiger partial charge is 0.502 e. The van der Waals surface area contributed by atoms with Crippen LogP contribution in [0.25, 0.3) is 11.1 Å². The first kappa shape index (κ1) is 17.2. The molecule has 0 bridgehead atoms. The molecular formula is C17H17N3O4. The fourth-order valence-electron chi connectivity index (χ4n) is 2.41. The van der Waals surface area contributed by atoms with Gasteiger partial charge in [0, 0.05) is 22.9 Å². The van der Waals surface area contributed by atoms with Crippen LogP contribution in [0.3, 0.4) is 0 Å². The second kappa shape index (κ2) is 5.81. The van der Waals surface area contributed by atoms with E-state index in [9.17, 15) is 25.3 Å². The summed E-state index contributed by atoms with van der Waals surface area (Å²) < 4.78 is 0. The third-order valence-corrected chi connectivity index (χ3v) is 3.72. The lowest BCUT2D eigenvalue weighted by Crippen LogP contribution is -2.14. The van der Waals surface area contributed by atoms with Crippen LogP contribution in [0, 0.1) is 28.4 Å². The number of hydrogen-bond donors (Lipinski definition) is 2. The number of phenolic OH excluding ortho intramolecular Hbond substituents is 1. The number of nitrogens with zero attached hydrogens (tertiary/aromatic N) is 2. The van der Waals surface area contributed by atoms with Crippen LogP contribution >= 0.6 is 0 Å². The van der Waals surface area contributed by atoms with Crippen LogP contribution in [0.4, 0.5) is 5.69 Å². The van der Waals surface area contributed by atoms with Gasteiger partial charge in [-0.25, -0.2) is 0 Å². The van der Waals surface area contributed by atoms with E-state index in [0.29, 0.717) is 11.3 Å². The molecule has 0 fully saturated rings. The zero-order chi connectivity index (χ0) is 18.2. The Bertz CT molecular complexity index is 931. The summed E-state index contributed by atoms with van der Waals surface area (Å²) in [4.78, 5) is 25.1. The lowest BCUT2D eigenvalue weighted by atomic mass is 9.84. The minimum atomic E-state index is -0.680. The Morgan fingerprint density at radius 3 is 2.38 bits per heavy atom. The van der Waals surface area contributed by atoms with Crippen molar-refractivity contribution in [2.75, 3.05) is 0 Å². The number of rotatable bonds is 2. The lowest BCUT2D eigenvalue weighted by Gasteiger charge is -2.20. The summed E-state index contributed by atoms with van der Waals surface area (Å²) in [7, 11) is 0. The number of nitro groups is 1. The number of nitro benzene ring substituents is 1. The number of pyridine rings is 1. The van der Waals surface area contributed by atoms with Gasteiger partial charge in [-0.1, -0.05) is 20.8 Å². The number of hydrogen-bond acceptors (Lipinski definition) is 5. The number of nitriles is 1. The van der Waals surface area contributed by atoms with Gasteiger partial charge in [-0.2, -0.15) is 5.26 Å². The maximum Gasteiger partial charge on any atom is 0.311 e. The van der Waals surface area contributed by atoms with Crippen molar-refractivity contribution in [3.8, 4) is 22.9 Å². The molecule has 0 aliphatic heterocycles. The molecule has 124 valence electrons. The normalized spacial score (nSPS) is 11.1. The maximum atomic E-state index is 12.0. The van der Waals surface area contributed by atoms with Gasteiger partial charge in [0.25, 0.3) is 5.56 Å². The molecule has 0 unspecified atom stereocenters. The summed E-state index contributed by atoms with van der Waals surface area (Å²) in [5.41, 5.74) is -0.312. The van der Waals surface area contributed by atoms with E-state index < -0.39 is 27.3 Å². The number of H-pyrrole nitrogens is 1. The van der Waals surface area contributed by atoms with Crippen molar-refractivity contribution in [3.63, 3.8) is 0 Å². The van der Waals surface area contributed by atoms with Gasteiger partial charge in [-0.3, -0.25) is 14.9 Å². The van der Waals surface area contributed by atoms with Crippen molar-refractivity contribution >= 4 is 5.69 Å². The summed E-state index contributed by atoms with van der Waals surface area (Å²) in [5, 5.41) is 30.9. The molecule has 2 N–H and O–H groups in total. The Morgan fingerprint density at radius 2 is 1.88 bits per heavy atom. The predicted octanol–water partition coefficient (Wildman–Crippen LogP) is 3.13. The first-order chi connectivity index (χ1) is 11.1. The Hall–Kier alpha value is -3.14. The van der Waals surface area contributed by atoms with Crippen LogP contribution < -0.4 is 5.56 Å². The monoisotopic (exact) mass is 327 g/mol. The van der Waals surface area contributed by atoms with Crippen molar-refractivity contribution in [2.24, 2.45) is 0 Å². The first-order valence-electron chi connectivity index (χ1n) is 7.22. The van der Waals surface area contributed by atoms with Gasteiger partial charge in [0.15, 0.2) is 0 Å². The zero-order valence-electron chi connectivity index (χ0n) is 13.8. The molecular weight excluding hydrogens is 310 g/mol. The van der Waals surface area contributed by atoms with E-state index in [1.165, 1.54) is 12.1 Å². The SMILES string of the molecule is Cc1cc(-c2cc(C(C)(C)C)cc([N+](=O)[O-])c2O)c(C#N)c(=O)[nH]1. The summed E-state index contributed by atoms with van der Waals surface area (Å²) in [6, 6.07) is 6.21. The van der Waals surface area contributed by atoms with Crippen LogP contribution in [-0.4, -0.2) is 15.0 Å². The van der Waals surface area contributed by atoms with Gasteiger partial charge in [-0.15, -0.1) is 0 Å². The second-order valence-corrected chi connectivity index (χ2v) is 6.58. The lowest BCUT2D eigenvalue weighted by molar-refractivity contribution is -0.385. The number of phenols is 1. The second-order valence-electron chi connectivity index (χ2n) is 6.58. The van der Waals surface area contributed by atoms with E-state index in [-0.39, 0.29) is 16.7 Å². The molecule has 0 radical (unpaired) electrons. The van der Waals surface area contributed by atoms with Crippen LogP contribution in [-0.2, 0) is 5.41 Å². The molecule has 0 saturated heterocycles. The van der Waals surface area contributed by atoms with Gasteiger partial charge in [0.05, 0.1) is 4.92 Å². The molecule has 24 heavy (non-hydrogen) atoms. The van der Waals surface area contributed by atoms with Crippen LogP contribution in [0.15, 0.2) is 23.0 Å². The summed E-state index contributed by atoms with van der Waals surface area (Å²) in [6.45, 7) is 7.26. The molecule has 2 aromatic rings. The van der Waals surface area contributed by atoms with E-state index in [4.69, 9.17) is 0 Å². The summed E-state index contributed by atoms with van der Waals surface area (Å²) >= 11 is 0. The van der Waals surface area contributed by atoms with Crippen molar-refractivity contribution in [2.45, 2.75) is 33.1 Å². The number of aromatic nitrogens is 1. The first-order valence-corrected chi connectivity index (χ1v) is 7.22. The number of aryl methyl sites for hydroxylation is 1. The fraction of sp³-hybridized carbons (Fsp3) is 0.294. The number of nitrogens with one attached hydrogen (secondary N) is 1. The van der Waals surface area contributed by atoms with E-state index in [1.54, 1.807) is 19.1 Å². The highest BCUT2D eigenvalue weighted by Gasteiger charge is 2.26. The molecule has 0 spiro atoms. The Kier molecular flexibility index (Phi) is 4.17. The number of aromatic hydroxyl groups is 1. The van der Waals surface area contributed by atoms with Crippen molar-refractivity contribution in [3.05, 3.63) is 55.5 Å². The molecule has 7 nitrogen and oxygen atoms in total. The van der Waals surface area contributed by atoms with Crippen molar-refractivity contribution < 1.29 is 10.0 Å². The molecule has 0 amide bonds. The topological polar surface area (TPSA) is 120 Å². The third-order valence-electron chi connectivity index (χ3n) is 3.72. The highest BCUT2D eigenvalue weighted by Crippen LogP contribution is 2.41. The molecule has 0 saturated carbocycles. The Labute approximate surface area is 138 Å². The van der Waals surface area contributed by atoms with Crippen LogP contribution in [0.1, 0.15) is 37.6 Å². The quantitative estimate of drug-likeness (QED) is 0.648.